The van der Waals surface area contributed by atoms with Crippen molar-refractivity contribution in [2.24, 2.45) is 5.41 Å². The van der Waals surface area contributed by atoms with Crippen LogP contribution in [0.1, 0.15) is 44.4 Å². The third-order valence-electron chi connectivity index (χ3n) is 5.81. The number of carbonyl (C=O) groups is 1. The van der Waals surface area contributed by atoms with Crippen molar-refractivity contribution >= 4 is 6.03 Å². The lowest BCUT2D eigenvalue weighted by Crippen LogP contribution is -2.52. The Morgan fingerprint density at radius 3 is 2.50 bits per heavy atom. The molecule has 3 heterocycles. The summed E-state index contributed by atoms with van der Waals surface area (Å²) in [5.74, 6) is 1.33. The molecule has 2 fully saturated rings. The van der Waals surface area contributed by atoms with E-state index in [2.05, 4.69) is 34.1 Å². The number of likely N-dealkylation sites (tertiary alicyclic amines) is 1. The topological polar surface area (TPSA) is 64.9 Å². The summed E-state index contributed by atoms with van der Waals surface area (Å²) in [7, 11) is 2.19. The van der Waals surface area contributed by atoms with E-state index < -0.39 is 0 Å². The monoisotopic (exact) mass is 363 g/mol. The van der Waals surface area contributed by atoms with Crippen LogP contribution in [0, 0.1) is 12.3 Å². The fourth-order valence-corrected chi connectivity index (χ4v) is 3.86. The van der Waals surface area contributed by atoms with Crippen molar-refractivity contribution in [1.29, 1.82) is 0 Å². The number of hydrogen-bond acceptors (Lipinski definition) is 5. The van der Waals surface area contributed by atoms with Gasteiger partial charge in [0.2, 0.25) is 5.89 Å². The number of piperazine rings is 1. The van der Waals surface area contributed by atoms with Crippen LogP contribution in [0.5, 0.6) is 0 Å². The average Bonchev–Trinajstić information content (AvgIpc) is 3.04. The van der Waals surface area contributed by atoms with E-state index in [9.17, 15) is 4.79 Å². The fourth-order valence-electron chi connectivity index (χ4n) is 3.86. The van der Waals surface area contributed by atoms with Crippen LogP contribution in [0.4, 0.5) is 4.79 Å². The van der Waals surface area contributed by atoms with Crippen molar-refractivity contribution < 1.29 is 9.21 Å². The quantitative estimate of drug-likeness (QED) is 0.887. The summed E-state index contributed by atoms with van der Waals surface area (Å²) in [6, 6.07) is -0.232. The molecule has 7 nitrogen and oxygen atoms in total. The minimum absolute atomic E-state index is 0.0185. The second kappa shape index (κ2) is 7.96. The highest BCUT2D eigenvalue weighted by molar-refractivity contribution is 5.74. The molecule has 2 aliphatic heterocycles. The predicted molar refractivity (Wildman–Crippen MR) is 101 cm³/mol. The van der Waals surface area contributed by atoms with Crippen LogP contribution in [-0.4, -0.2) is 78.6 Å². The van der Waals surface area contributed by atoms with Crippen molar-refractivity contribution in [3.63, 3.8) is 0 Å². The number of aromatic nitrogens is 1. The number of piperidine rings is 1. The molecule has 2 saturated heterocycles. The van der Waals surface area contributed by atoms with Gasteiger partial charge in [-0.25, -0.2) is 9.78 Å². The Labute approximate surface area is 156 Å². The van der Waals surface area contributed by atoms with Crippen molar-refractivity contribution in [3.05, 3.63) is 17.8 Å². The van der Waals surface area contributed by atoms with Crippen molar-refractivity contribution in [1.82, 2.24) is 25.0 Å². The zero-order chi connectivity index (χ0) is 18.7. The molecule has 1 atom stereocenters. The van der Waals surface area contributed by atoms with Crippen LogP contribution in [0.2, 0.25) is 0 Å². The number of aryl methyl sites for hydroxylation is 1. The Hall–Kier alpha value is -1.60. The first-order chi connectivity index (χ1) is 12.3. The number of hydrogen-bond donors (Lipinski definition) is 1. The minimum Gasteiger partial charge on any atom is -0.444 e. The molecule has 0 spiro atoms. The number of amides is 2. The third kappa shape index (κ3) is 4.76. The largest absolute Gasteiger partial charge is 0.444 e. The number of nitrogens with zero attached hydrogens (tertiary/aromatic N) is 4. The smallest absolute Gasteiger partial charge is 0.318 e. The fraction of sp³-hybridized carbons (Fsp3) is 0.789. The molecule has 2 aliphatic rings. The zero-order valence-electron chi connectivity index (χ0n) is 16.6. The first kappa shape index (κ1) is 19.2. The molecule has 26 heavy (non-hydrogen) atoms. The molecule has 7 heteroatoms. The minimum atomic E-state index is -0.213. The van der Waals surface area contributed by atoms with Crippen LogP contribution in [0.25, 0.3) is 0 Å². The van der Waals surface area contributed by atoms with Gasteiger partial charge in [-0.15, -0.1) is 0 Å². The zero-order valence-corrected chi connectivity index (χ0v) is 16.6. The van der Waals surface area contributed by atoms with E-state index >= 15 is 0 Å². The normalized spacial score (nSPS) is 23.0. The molecule has 1 aromatic rings. The molecule has 0 radical (unpaired) electrons. The second-order valence-electron chi connectivity index (χ2n) is 8.36. The molecule has 0 bridgehead atoms. The summed E-state index contributed by atoms with van der Waals surface area (Å²) in [5, 5.41) is 3.01. The Kier molecular flexibility index (Phi) is 5.87. The number of carbonyl (C=O) groups excluding carboxylic acids is 1. The van der Waals surface area contributed by atoms with Crippen LogP contribution >= 0.6 is 0 Å². The van der Waals surface area contributed by atoms with E-state index in [0.29, 0.717) is 11.3 Å². The van der Waals surface area contributed by atoms with Gasteiger partial charge < -0.3 is 24.4 Å². The summed E-state index contributed by atoms with van der Waals surface area (Å²) < 4.78 is 5.51. The maximum absolute atomic E-state index is 12.6. The van der Waals surface area contributed by atoms with Crippen molar-refractivity contribution in [3.8, 4) is 0 Å². The van der Waals surface area contributed by atoms with Gasteiger partial charge in [-0.05, 0) is 39.2 Å². The molecule has 1 unspecified atom stereocenters. The van der Waals surface area contributed by atoms with Crippen LogP contribution in [-0.2, 0) is 0 Å². The van der Waals surface area contributed by atoms with Gasteiger partial charge in [-0.2, -0.15) is 0 Å². The van der Waals surface area contributed by atoms with Gasteiger partial charge in [-0.3, -0.25) is 0 Å². The number of likely N-dealkylation sites (N-methyl/N-ethyl adjacent to an activating group) is 1. The summed E-state index contributed by atoms with van der Waals surface area (Å²) in [6.07, 6.45) is 3.79. The highest BCUT2D eigenvalue weighted by atomic mass is 16.4. The number of urea groups is 1. The SMILES string of the molecule is Cc1cnc(C(C)NC(=O)N2CCC(C)(CN3CCN(C)CC3)CC2)o1. The van der Waals surface area contributed by atoms with Crippen molar-refractivity contribution in [2.75, 3.05) is 52.9 Å². The molecule has 1 N–H and O–H groups in total. The van der Waals surface area contributed by atoms with Gasteiger partial charge in [0.25, 0.3) is 0 Å². The third-order valence-corrected chi connectivity index (χ3v) is 5.81. The lowest BCUT2D eigenvalue weighted by Gasteiger charge is -2.44. The highest BCUT2D eigenvalue weighted by Gasteiger charge is 2.34. The Bertz CT molecular complexity index is 601. The van der Waals surface area contributed by atoms with Gasteiger partial charge in [0.1, 0.15) is 11.8 Å². The summed E-state index contributed by atoms with van der Waals surface area (Å²) in [4.78, 5) is 23.7. The van der Waals surface area contributed by atoms with E-state index in [0.717, 1.165) is 64.4 Å². The van der Waals surface area contributed by atoms with Gasteiger partial charge in [0.15, 0.2) is 0 Å². The highest BCUT2D eigenvalue weighted by Crippen LogP contribution is 2.32. The molecule has 0 aromatic carbocycles. The first-order valence-corrected chi connectivity index (χ1v) is 9.73. The van der Waals surface area contributed by atoms with Crippen LogP contribution in [0.15, 0.2) is 10.6 Å². The van der Waals surface area contributed by atoms with Gasteiger partial charge in [0, 0.05) is 45.8 Å². The first-order valence-electron chi connectivity index (χ1n) is 9.73. The standard InChI is InChI=1S/C19H33N5O2/c1-15-13-20-17(26-15)16(2)21-18(25)24-7-5-19(3,6-8-24)14-23-11-9-22(4)10-12-23/h13,16H,5-12,14H2,1-4H3,(H,21,25). The molecule has 2 amide bonds. The van der Waals surface area contributed by atoms with Gasteiger partial charge in [0.05, 0.1) is 6.20 Å². The Balaban J connectivity index is 1.45. The average molecular weight is 364 g/mol. The van der Waals surface area contributed by atoms with E-state index in [1.54, 1.807) is 6.20 Å². The number of nitrogens with one attached hydrogen (secondary N) is 1. The summed E-state index contributed by atoms with van der Waals surface area (Å²) in [5.41, 5.74) is 0.304. The van der Waals surface area contributed by atoms with E-state index in [4.69, 9.17) is 4.42 Å². The lowest BCUT2D eigenvalue weighted by molar-refractivity contribution is 0.0623. The van der Waals surface area contributed by atoms with E-state index in [1.165, 1.54) is 0 Å². The molecule has 3 rings (SSSR count). The number of oxazole rings is 1. The summed E-state index contributed by atoms with van der Waals surface area (Å²) >= 11 is 0. The Morgan fingerprint density at radius 2 is 1.92 bits per heavy atom. The summed E-state index contributed by atoms with van der Waals surface area (Å²) in [6.45, 7) is 13.5. The van der Waals surface area contributed by atoms with Crippen LogP contribution in [0.3, 0.4) is 0 Å². The molecule has 0 aliphatic carbocycles. The van der Waals surface area contributed by atoms with E-state index in [-0.39, 0.29) is 12.1 Å². The molecule has 146 valence electrons. The molecule has 1 aromatic heterocycles. The van der Waals surface area contributed by atoms with E-state index in [1.807, 2.05) is 18.7 Å². The molecule has 0 saturated carbocycles. The molecular formula is C19H33N5O2. The number of rotatable bonds is 4. The second-order valence-corrected chi connectivity index (χ2v) is 8.36. The predicted octanol–water partition coefficient (Wildman–Crippen LogP) is 2.10. The maximum atomic E-state index is 12.6. The molecular weight excluding hydrogens is 330 g/mol. The van der Waals surface area contributed by atoms with Crippen molar-refractivity contribution in [2.45, 2.75) is 39.7 Å². The van der Waals surface area contributed by atoms with Gasteiger partial charge >= 0.3 is 6.03 Å². The lowest BCUT2D eigenvalue weighted by atomic mass is 9.80. The Morgan fingerprint density at radius 1 is 1.27 bits per heavy atom. The van der Waals surface area contributed by atoms with Crippen LogP contribution < -0.4 is 5.32 Å². The van der Waals surface area contributed by atoms with Gasteiger partial charge in [-0.1, -0.05) is 6.92 Å². The maximum Gasteiger partial charge on any atom is 0.318 e.